The number of fused-ring (bicyclic) bond motifs is 4. The zero-order chi connectivity index (χ0) is 52.3. The third kappa shape index (κ3) is 11.2. The molecule has 2 heterocycles. The molecule has 0 aliphatic carbocycles. The van der Waals surface area contributed by atoms with Gasteiger partial charge < -0.3 is 29.6 Å². The highest BCUT2D eigenvalue weighted by molar-refractivity contribution is 7.86. The molecule has 0 radical (unpaired) electrons. The van der Waals surface area contributed by atoms with Crippen molar-refractivity contribution in [2.45, 2.75) is 11.8 Å². The van der Waals surface area contributed by atoms with Crippen LogP contribution < -0.4 is 29.6 Å². The number of rotatable bonds is 15. The summed E-state index contributed by atoms with van der Waals surface area (Å²) in [4.78, 5) is 18.2. The minimum atomic E-state index is -4.72. The smallest absolute Gasteiger partial charge is 0.327 e. The van der Waals surface area contributed by atoms with Crippen molar-refractivity contribution >= 4 is 88.4 Å². The van der Waals surface area contributed by atoms with Crippen LogP contribution in [0.15, 0.2) is 223 Å². The van der Waals surface area contributed by atoms with E-state index in [4.69, 9.17) is 23.9 Å². The molecule has 374 valence electrons. The van der Waals surface area contributed by atoms with Gasteiger partial charge >= 0.3 is 12.0 Å². The molecule has 10 aromatic carbocycles. The van der Waals surface area contributed by atoms with E-state index in [1.54, 1.807) is 36.4 Å². The fourth-order valence-electron chi connectivity index (χ4n) is 8.90. The van der Waals surface area contributed by atoms with Crippen molar-refractivity contribution in [1.29, 1.82) is 0 Å². The van der Waals surface area contributed by atoms with Crippen molar-refractivity contribution in [1.82, 2.24) is 19.9 Å². The number of anilines is 4. The minimum Gasteiger partial charge on any atom is -0.439 e. The van der Waals surface area contributed by atoms with E-state index in [2.05, 4.69) is 25.6 Å². The Labute approximate surface area is 442 Å². The molecule has 0 atom stereocenters. The summed E-state index contributed by atoms with van der Waals surface area (Å²) < 4.78 is 61.6. The molecule has 0 saturated carbocycles. The van der Waals surface area contributed by atoms with Gasteiger partial charge in [0.25, 0.3) is 10.1 Å². The lowest BCUT2D eigenvalue weighted by atomic mass is 10.1. The van der Waals surface area contributed by atoms with Crippen LogP contribution in [0, 0.1) is 6.92 Å². The number of nitrogens with one attached hydrogen (secondary N) is 2. The first-order valence-electron chi connectivity index (χ1n) is 24.4. The normalized spacial score (nSPS) is 11.6. The average Bonchev–Trinajstić information content (AvgIpc) is 3.44. The molecule has 3 N–H and O–H groups in total. The van der Waals surface area contributed by atoms with E-state index in [0.29, 0.717) is 40.2 Å². The van der Waals surface area contributed by atoms with Crippen molar-refractivity contribution in [2.24, 2.45) is 0 Å². The van der Waals surface area contributed by atoms with Gasteiger partial charge in [-0.2, -0.15) is 28.4 Å². The Kier molecular flexibility index (Phi) is 12.8. The monoisotopic (exact) mass is 1030 g/mol. The van der Waals surface area contributed by atoms with E-state index >= 15 is 0 Å². The predicted molar refractivity (Wildman–Crippen MR) is 303 cm³/mol. The Morgan fingerprint density at radius 1 is 0.390 bits per heavy atom. The number of ether oxygens (including phenoxy) is 4. The third-order valence-electron chi connectivity index (χ3n) is 12.7. The molecular weight excluding hydrogens is 985 g/mol. The summed E-state index contributed by atoms with van der Waals surface area (Å²) in [5.74, 6) is 3.30. The number of hydrogen-bond donors (Lipinski definition) is 3. The van der Waals surface area contributed by atoms with E-state index < -0.39 is 10.1 Å². The second-order valence-electron chi connectivity index (χ2n) is 18.1. The summed E-state index contributed by atoms with van der Waals surface area (Å²) in [5.41, 5.74) is 2.93. The lowest BCUT2D eigenvalue weighted by Gasteiger charge is -2.13. The average molecular weight is 1030 g/mol. The van der Waals surface area contributed by atoms with Gasteiger partial charge in [0.15, 0.2) is 0 Å². The van der Waals surface area contributed by atoms with Gasteiger partial charge in [-0.15, -0.1) is 0 Å². The van der Waals surface area contributed by atoms with E-state index in [0.717, 1.165) is 54.2 Å². The second kappa shape index (κ2) is 20.6. The minimum absolute atomic E-state index is 0.0178. The SMILES string of the molecule is Cc1cc(Nc2cc(Oc3ccc4ccccc4c3)nc(Oc3ccc4ccccc4c3)n2)ccc1/C=C/c1ccc(Nc2cc(Oc3ccc4ccccc4c3)nc(Oc3ccc4ccccc4c3)n2)cc1S(=O)(=O)O. The zero-order valence-electron chi connectivity index (χ0n) is 41.0. The maximum Gasteiger partial charge on any atom is 0.327 e. The summed E-state index contributed by atoms with van der Waals surface area (Å²) in [7, 11) is -4.72. The number of hydrogen-bond acceptors (Lipinski definition) is 12. The Morgan fingerprint density at radius 3 is 1.16 bits per heavy atom. The van der Waals surface area contributed by atoms with Crippen LogP contribution in [-0.2, 0) is 10.1 Å². The van der Waals surface area contributed by atoms with Crippen LogP contribution in [0.1, 0.15) is 16.7 Å². The van der Waals surface area contributed by atoms with Crippen LogP contribution in [0.5, 0.6) is 46.8 Å². The molecule has 13 nitrogen and oxygen atoms in total. The quantitative estimate of drug-likeness (QED) is 0.0656. The molecule has 12 rings (SSSR count). The maximum atomic E-state index is 13.0. The van der Waals surface area contributed by atoms with Gasteiger partial charge in [-0.1, -0.05) is 146 Å². The summed E-state index contributed by atoms with van der Waals surface area (Å²) in [6.45, 7) is 1.93. The highest BCUT2D eigenvalue weighted by Crippen LogP contribution is 2.35. The predicted octanol–water partition coefficient (Wildman–Crippen LogP) is 16.3. The van der Waals surface area contributed by atoms with E-state index in [9.17, 15) is 13.0 Å². The Balaban J connectivity index is 0.798. The molecule has 77 heavy (non-hydrogen) atoms. The van der Waals surface area contributed by atoms with E-state index in [-0.39, 0.29) is 40.1 Å². The van der Waals surface area contributed by atoms with Crippen LogP contribution in [-0.4, -0.2) is 32.9 Å². The van der Waals surface area contributed by atoms with Gasteiger partial charge in [0.1, 0.15) is 39.5 Å². The highest BCUT2D eigenvalue weighted by atomic mass is 32.2. The van der Waals surface area contributed by atoms with Gasteiger partial charge in [0.05, 0.1) is 0 Å². The van der Waals surface area contributed by atoms with Gasteiger partial charge in [-0.25, -0.2) is 0 Å². The summed E-state index contributed by atoms with van der Waals surface area (Å²) in [6, 6.07) is 68.5. The third-order valence-corrected chi connectivity index (χ3v) is 13.6. The molecule has 0 aliphatic heterocycles. The summed E-state index contributed by atoms with van der Waals surface area (Å²) in [5, 5.41) is 14.8. The van der Waals surface area contributed by atoms with Gasteiger partial charge in [-0.05, 0) is 140 Å². The summed E-state index contributed by atoms with van der Waals surface area (Å²) >= 11 is 0. The molecule has 0 fully saturated rings. The molecule has 2 aromatic heterocycles. The molecule has 0 aliphatic rings. The fraction of sp³-hybridized carbons (Fsp3) is 0.0159. The first-order valence-corrected chi connectivity index (χ1v) is 25.9. The largest absolute Gasteiger partial charge is 0.439 e. The van der Waals surface area contributed by atoms with Crippen LogP contribution in [0.4, 0.5) is 23.0 Å². The lowest BCUT2D eigenvalue weighted by Crippen LogP contribution is -2.04. The summed E-state index contributed by atoms with van der Waals surface area (Å²) in [6.07, 6.45) is 3.42. The Hall–Kier alpha value is -10.2. The van der Waals surface area contributed by atoms with Crippen LogP contribution in [0.25, 0.3) is 55.2 Å². The Bertz CT molecular complexity index is 4180. The van der Waals surface area contributed by atoms with E-state index in [1.165, 1.54) is 6.07 Å². The molecule has 0 amide bonds. The first kappa shape index (κ1) is 47.8. The maximum absolute atomic E-state index is 13.0. The fourth-order valence-corrected chi connectivity index (χ4v) is 9.61. The number of nitrogens with zero attached hydrogens (tertiary/aromatic N) is 4. The molecule has 0 unspecified atom stereocenters. The van der Waals surface area contributed by atoms with Crippen molar-refractivity contribution in [3.63, 3.8) is 0 Å². The number of aryl methyl sites for hydroxylation is 1. The van der Waals surface area contributed by atoms with Crippen molar-refractivity contribution < 1.29 is 31.9 Å². The highest BCUT2D eigenvalue weighted by Gasteiger charge is 2.18. The van der Waals surface area contributed by atoms with Crippen molar-refractivity contribution in [3.8, 4) is 46.8 Å². The van der Waals surface area contributed by atoms with Crippen LogP contribution >= 0.6 is 0 Å². The topological polar surface area (TPSA) is 167 Å². The molecule has 12 aromatic rings. The molecule has 0 saturated heterocycles. The molecule has 0 spiro atoms. The second-order valence-corrected chi connectivity index (χ2v) is 19.5. The number of benzene rings is 10. The first-order chi connectivity index (χ1) is 37.5. The van der Waals surface area contributed by atoms with Crippen molar-refractivity contribution in [3.05, 3.63) is 235 Å². The van der Waals surface area contributed by atoms with Gasteiger partial charge in [-0.3, -0.25) is 4.55 Å². The van der Waals surface area contributed by atoms with E-state index in [1.807, 2.05) is 195 Å². The van der Waals surface area contributed by atoms with Crippen LogP contribution in [0.3, 0.4) is 0 Å². The Morgan fingerprint density at radius 2 is 0.753 bits per heavy atom. The molecular formula is C63H44N6O7S. The molecule has 0 bridgehead atoms. The van der Waals surface area contributed by atoms with Crippen LogP contribution in [0.2, 0.25) is 0 Å². The standard InChI is InChI=1S/C63H44N6O7S/c1-40-32-51(64-58-38-60(73-53-28-22-42-10-2-6-14-47(42)33-53)68-62(66-58)75-55-30-24-44-12-4-8-16-49(44)35-55)26-20-41(40)18-19-46-21-27-52(37-57(46)77(70,71)72)65-59-39-61(74-54-29-23-43-11-3-7-15-48(43)34-54)69-63(67-59)76-56-31-25-45-13-5-9-17-50(45)36-56/h2-39H,1H3,(H,64,66,68)(H,65,67,69)(H,70,71,72)/b19-18+. The van der Waals surface area contributed by atoms with Gasteiger partial charge in [0, 0.05) is 23.5 Å². The van der Waals surface area contributed by atoms with Gasteiger partial charge in [0.2, 0.25) is 11.8 Å². The number of aromatic nitrogens is 4. The van der Waals surface area contributed by atoms with Crippen molar-refractivity contribution in [2.75, 3.05) is 10.6 Å². The lowest BCUT2D eigenvalue weighted by molar-refractivity contribution is 0.412. The zero-order valence-corrected chi connectivity index (χ0v) is 41.8. The molecule has 14 heteroatoms.